The summed E-state index contributed by atoms with van der Waals surface area (Å²) in [5, 5.41) is 10.1. The molecule has 1 N–H and O–H groups in total. The topological polar surface area (TPSA) is 45.6 Å². The number of methoxy groups -OCH3 is 1. The standard InChI is InChI=1S/C21H28N2O2/c1-17-15-21(16-24,11-10-18-7-4-3-5-8-18)12-14-23(17)19-9-6-13-22-20(19)25-2/h3-9,13,17,24H,10-12,14-16H2,1-2H3. The maximum Gasteiger partial charge on any atom is 0.237 e. The summed E-state index contributed by atoms with van der Waals surface area (Å²) in [5.41, 5.74) is 2.40. The number of nitrogens with zero attached hydrogens (tertiary/aromatic N) is 2. The Hall–Kier alpha value is -2.07. The highest BCUT2D eigenvalue weighted by Crippen LogP contribution is 2.41. The van der Waals surface area contributed by atoms with Crippen LogP contribution in [-0.2, 0) is 6.42 Å². The molecule has 0 saturated carbocycles. The predicted molar refractivity (Wildman–Crippen MR) is 101 cm³/mol. The van der Waals surface area contributed by atoms with E-state index in [-0.39, 0.29) is 12.0 Å². The molecule has 2 unspecified atom stereocenters. The van der Waals surface area contributed by atoms with Gasteiger partial charge in [-0.25, -0.2) is 4.98 Å². The van der Waals surface area contributed by atoms with Crippen molar-refractivity contribution >= 4 is 5.69 Å². The van der Waals surface area contributed by atoms with Gasteiger partial charge in [-0.15, -0.1) is 0 Å². The van der Waals surface area contributed by atoms with Crippen LogP contribution in [0.2, 0.25) is 0 Å². The zero-order valence-corrected chi connectivity index (χ0v) is 15.2. The van der Waals surface area contributed by atoms with E-state index in [4.69, 9.17) is 4.74 Å². The number of ether oxygens (including phenoxy) is 1. The number of piperidine rings is 1. The fourth-order valence-electron chi connectivity index (χ4n) is 4.04. The monoisotopic (exact) mass is 340 g/mol. The minimum atomic E-state index is 0.00119. The number of aryl methyl sites for hydroxylation is 1. The lowest BCUT2D eigenvalue weighted by Crippen LogP contribution is -2.47. The van der Waals surface area contributed by atoms with Crippen LogP contribution in [0, 0.1) is 5.41 Å². The summed E-state index contributed by atoms with van der Waals surface area (Å²) in [7, 11) is 1.67. The van der Waals surface area contributed by atoms with E-state index < -0.39 is 0 Å². The number of hydrogen-bond acceptors (Lipinski definition) is 4. The van der Waals surface area contributed by atoms with Gasteiger partial charge in [-0.05, 0) is 55.7 Å². The third-order valence-corrected chi connectivity index (χ3v) is 5.52. The smallest absolute Gasteiger partial charge is 0.237 e. The Balaban J connectivity index is 1.70. The van der Waals surface area contributed by atoms with Gasteiger partial charge in [0.05, 0.1) is 7.11 Å². The number of aromatic nitrogens is 1. The van der Waals surface area contributed by atoms with E-state index in [1.807, 2.05) is 12.1 Å². The van der Waals surface area contributed by atoms with E-state index in [1.165, 1.54) is 5.56 Å². The van der Waals surface area contributed by atoms with Crippen molar-refractivity contribution in [2.75, 3.05) is 25.2 Å². The SMILES string of the molecule is COc1ncccc1N1CCC(CO)(CCc2ccccc2)CC1C. The Morgan fingerprint density at radius 2 is 2.04 bits per heavy atom. The highest BCUT2D eigenvalue weighted by atomic mass is 16.5. The third kappa shape index (κ3) is 3.96. The van der Waals surface area contributed by atoms with Crippen molar-refractivity contribution in [3.63, 3.8) is 0 Å². The van der Waals surface area contributed by atoms with Crippen LogP contribution in [0.15, 0.2) is 48.7 Å². The molecule has 0 spiro atoms. The number of pyridine rings is 1. The first kappa shape index (κ1) is 17.7. The molecule has 1 saturated heterocycles. The molecule has 0 radical (unpaired) electrons. The molecule has 4 heteroatoms. The van der Waals surface area contributed by atoms with E-state index in [0.717, 1.165) is 37.9 Å². The lowest BCUT2D eigenvalue weighted by Gasteiger charge is -2.46. The quantitative estimate of drug-likeness (QED) is 0.871. The molecule has 1 aliphatic rings. The molecule has 134 valence electrons. The Labute approximate surface area is 150 Å². The minimum absolute atomic E-state index is 0.00119. The van der Waals surface area contributed by atoms with Gasteiger partial charge in [0.15, 0.2) is 0 Å². The first-order chi connectivity index (χ1) is 12.2. The van der Waals surface area contributed by atoms with Crippen LogP contribution in [0.3, 0.4) is 0 Å². The number of benzene rings is 1. The van der Waals surface area contributed by atoms with Crippen molar-refractivity contribution < 1.29 is 9.84 Å². The maximum atomic E-state index is 10.1. The predicted octanol–water partition coefficient (Wildman–Crippen LogP) is 3.69. The molecule has 0 bridgehead atoms. The highest BCUT2D eigenvalue weighted by molar-refractivity contribution is 5.55. The molecule has 0 aliphatic carbocycles. The summed E-state index contributed by atoms with van der Waals surface area (Å²) in [4.78, 5) is 6.69. The number of aliphatic hydroxyl groups excluding tert-OH is 1. The second kappa shape index (κ2) is 7.87. The molecule has 1 aromatic heterocycles. The number of hydrogen-bond donors (Lipinski definition) is 1. The Morgan fingerprint density at radius 1 is 1.24 bits per heavy atom. The second-order valence-corrected chi connectivity index (χ2v) is 7.17. The fraction of sp³-hybridized carbons (Fsp3) is 0.476. The van der Waals surface area contributed by atoms with Gasteiger partial charge in [0.25, 0.3) is 0 Å². The summed E-state index contributed by atoms with van der Waals surface area (Å²) in [6.45, 7) is 3.40. The lowest BCUT2D eigenvalue weighted by atomic mass is 9.72. The van der Waals surface area contributed by atoms with Crippen LogP contribution in [0.1, 0.15) is 31.7 Å². The highest BCUT2D eigenvalue weighted by Gasteiger charge is 2.38. The van der Waals surface area contributed by atoms with E-state index in [2.05, 4.69) is 47.1 Å². The van der Waals surface area contributed by atoms with E-state index in [9.17, 15) is 5.11 Å². The van der Waals surface area contributed by atoms with Gasteiger partial charge >= 0.3 is 0 Å². The lowest BCUT2D eigenvalue weighted by molar-refractivity contribution is 0.0749. The molecule has 0 amide bonds. The van der Waals surface area contributed by atoms with Crippen molar-refractivity contribution in [1.29, 1.82) is 0 Å². The summed E-state index contributed by atoms with van der Waals surface area (Å²) >= 11 is 0. The molecule has 2 atom stereocenters. The van der Waals surface area contributed by atoms with Crippen LogP contribution in [0.4, 0.5) is 5.69 Å². The Morgan fingerprint density at radius 3 is 2.72 bits per heavy atom. The first-order valence-corrected chi connectivity index (χ1v) is 9.08. The van der Waals surface area contributed by atoms with Crippen molar-refractivity contribution in [3.8, 4) is 5.88 Å². The van der Waals surface area contributed by atoms with Crippen molar-refractivity contribution in [3.05, 3.63) is 54.2 Å². The first-order valence-electron chi connectivity index (χ1n) is 9.08. The molecule has 1 aromatic carbocycles. The van der Waals surface area contributed by atoms with Gasteiger partial charge in [0.2, 0.25) is 5.88 Å². The largest absolute Gasteiger partial charge is 0.480 e. The van der Waals surface area contributed by atoms with Gasteiger partial charge < -0.3 is 14.7 Å². The van der Waals surface area contributed by atoms with E-state index >= 15 is 0 Å². The minimum Gasteiger partial charge on any atom is -0.480 e. The molecule has 25 heavy (non-hydrogen) atoms. The van der Waals surface area contributed by atoms with Crippen LogP contribution in [0.25, 0.3) is 0 Å². The molecule has 3 rings (SSSR count). The van der Waals surface area contributed by atoms with Gasteiger partial charge in [-0.3, -0.25) is 0 Å². The van der Waals surface area contributed by atoms with Crippen molar-refractivity contribution in [1.82, 2.24) is 4.98 Å². The fourth-order valence-corrected chi connectivity index (χ4v) is 4.04. The summed E-state index contributed by atoms with van der Waals surface area (Å²) in [6.07, 6.45) is 5.77. The third-order valence-electron chi connectivity index (χ3n) is 5.52. The molecule has 1 aliphatic heterocycles. The molecular formula is C21H28N2O2. The average Bonchev–Trinajstić information content (AvgIpc) is 2.67. The molecule has 1 fully saturated rings. The van der Waals surface area contributed by atoms with Gasteiger partial charge in [0.1, 0.15) is 5.69 Å². The van der Waals surface area contributed by atoms with E-state index in [0.29, 0.717) is 11.9 Å². The number of anilines is 1. The Bertz CT molecular complexity index is 677. The van der Waals surface area contributed by atoms with Gasteiger partial charge in [-0.1, -0.05) is 30.3 Å². The number of aliphatic hydroxyl groups is 1. The summed E-state index contributed by atoms with van der Waals surface area (Å²) in [6, 6.07) is 14.9. The molecule has 2 heterocycles. The van der Waals surface area contributed by atoms with Gasteiger partial charge in [-0.2, -0.15) is 0 Å². The maximum absolute atomic E-state index is 10.1. The van der Waals surface area contributed by atoms with Crippen LogP contribution >= 0.6 is 0 Å². The average molecular weight is 340 g/mol. The Kier molecular flexibility index (Phi) is 5.59. The van der Waals surface area contributed by atoms with Gasteiger partial charge in [0, 0.05) is 25.4 Å². The van der Waals surface area contributed by atoms with E-state index in [1.54, 1.807) is 13.3 Å². The zero-order valence-electron chi connectivity index (χ0n) is 15.2. The second-order valence-electron chi connectivity index (χ2n) is 7.17. The van der Waals surface area contributed by atoms with Crippen molar-refractivity contribution in [2.24, 2.45) is 5.41 Å². The number of rotatable bonds is 6. The van der Waals surface area contributed by atoms with Crippen LogP contribution < -0.4 is 9.64 Å². The zero-order chi connectivity index (χ0) is 17.7. The summed E-state index contributed by atoms with van der Waals surface area (Å²) < 4.78 is 5.43. The molecular weight excluding hydrogens is 312 g/mol. The molecule has 4 nitrogen and oxygen atoms in total. The van der Waals surface area contributed by atoms with Crippen molar-refractivity contribution in [2.45, 2.75) is 38.6 Å². The van der Waals surface area contributed by atoms with Crippen LogP contribution in [-0.4, -0.2) is 36.4 Å². The van der Waals surface area contributed by atoms with Crippen LogP contribution in [0.5, 0.6) is 5.88 Å². The molecule has 2 aromatic rings. The normalized spacial score (nSPS) is 23.5. The summed E-state index contributed by atoms with van der Waals surface area (Å²) in [5.74, 6) is 0.676.